The van der Waals surface area contributed by atoms with Crippen molar-refractivity contribution in [3.05, 3.63) is 40.6 Å². The molecule has 0 saturated carbocycles. The van der Waals surface area contributed by atoms with Crippen molar-refractivity contribution in [3.8, 4) is 5.75 Å². The van der Waals surface area contributed by atoms with Gasteiger partial charge in [0.05, 0.1) is 16.4 Å². The average molecular weight is 324 g/mol. The number of anilines is 1. The molecule has 0 aliphatic carbocycles. The zero-order valence-electron chi connectivity index (χ0n) is 10.6. The molecule has 2 rings (SSSR count). The number of carbonyl (C=O) groups excluding carboxylic acids is 1. The first-order valence-corrected chi connectivity index (χ1v) is 6.60. The molecular formula is C13H14BrN3O2. The maximum atomic E-state index is 12.0. The lowest BCUT2D eigenvalue weighted by molar-refractivity contribution is 0.102. The van der Waals surface area contributed by atoms with Crippen molar-refractivity contribution < 1.29 is 9.90 Å². The van der Waals surface area contributed by atoms with Crippen LogP contribution < -0.4 is 5.32 Å². The molecule has 100 valence electrons. The summed E-state index contributed by atoms with van der Waals surface area (Å²) in [6, 6.07) is 4.91. The van der Waals surface area contributed by atoms with E-state index in [1.165, 1.54) is 6.07 Å². The second kappa shape index (κ2) is 5.44. The van der Waals surface area contributed by atoms with Crippen molar-refractivity contribution in [1.29, 1.82) is 0 Å². The Morgan fingerprint density at radius 3 is 2.79 bits per heavy atom. The maximum Gasteiger partial charge on any atom is 0.255 e. The number of halogens is 1. The Bertz CT molecular complexity index is 608. The number of phenols is 1. The van der Waals surface area contributed by atoms with E-state index in [1.54, 1.807) is 29.2 Å². The van der Waals surface area contributed by atoms with Gasteiger partial charge in [-0.15, -0.1) is 0 Å². The van der Waals surface area contributed by atoms with Crippen molar-refractivity contribution in [2.75, 3.05) is 5.32 Å². The zero-order valence-corrected chi connectivity index (χ0v) is 12.2. The molecule has 0 bridgehead atoms. The maximum absolute atomic E-state index is 12.0. The van der Waals surface area contributed by atoms with Gasteiger partial charge >= 0.3 is 0 Å². The number of carbonyl (C=O) groups is 1. The summed E-state index contributed by atoms with van der Waals surface area (Å²) in [4.78, 5) is 12.0. The zero-order chi connectivity index (χ0) is 14.0. The number of hydrogen-bond donors (Lipinski definition) is 2. The number of amides is 1. The summed E-state index contributed by atoms with van der Waals surface area (Å²) in [6.07, 6.45) is 3.36. The Morgan fingerprint density at radius 1 is 1.47 bits per heavy atom. The summed E-state index contributed by atoms with van der Waals surface area (Å²) in [7, 11) is 0. The molecule has 5 nitrogen and oxygen atoms in total. The van der Waals surface area contributed by atoms with Gasteiger partial charge in [-0.25, -0.2) is 0 Å². The van der Waals surface area contributed by atoms with Crippen LogP contribution in [0.3, 0.4) is 0 Å². The van der Waals surface area contributed by atoms with E-state index in [2.05, 4.69) is 26.3 Å². The highest BCUT2D eigenvalue weighted by atomic mass is 79.9. The van der Waals surface area contributed by atoms with Crippen molar-refractivity contribution in [3.63, 3.8) is 0 Å². The van der Waals surface area contributed by atoms with Crippen LogP contribution in [0.5, 0.6) is 5.75 Å². The molecule has 0 radical (unpaired) electrons. The molecule has 19 heavy (non-hydrogen) atoms. The predicted molar refractivity (Wildman–Crippen MR) is 76.4 cm³/mol. The van der Waals surface area contributed by atoms with Crippen LogP contribution in [0.25, 0.3) is 0 Å². The lowest BCUT2D eigenvalue weighted by atomic mass is 10.2. The van der Waals surface area contributed by atoms with E-state index in [1.807, 2.05) is 13.8 Å². The van der Waals surface area contributed by atoms with E-state index in [-0.39, 0.29) is 17.7 Å². The molecule has 0 aliphatic heterocycles. The van der Waals surface area contributed by atoms with Crippen LogP contribution in [-0.4, -0.2) is 20.8 Å². The van der Waals surface area contributed by atoms with Crippen LogP contribution in [-0.2, 0) is 0 Å². The third-order valence-electron chi connectivity index (χ3n) is 2.60. The van der Waals surface area contributed by atoms with Gasteiger partial charge in [-0.3, -0.25) is 9.48 Å². The first-order chi connectivity index (χ1) is 8.97. The minimum atomic E-state index is -0.286. The van der Waals surface area contributed by atoms with Gasteiger partial charge in [0.15, 0.2) is 0 Å². The Kier molecular flexibility index (Phi) is 3.90. The van der Waals surface area contributed by atoms with Crippen molar-refractivity contribution in [1.82, 2.24) is 9.78 Å². The van der Waals surface area contributed by atoms with Crippen molar-refractivity contribution in [2.45, 2.75) is 19.9 Å². The third-order valence-corrected chi connectivity index (χ3v) is 3.27. The number of nitrogens with one attached hydrogen (secondary N) is 1. The molecule has 2 N–H and O–H groups in total. The normalized spacial score (nSPS) is 10.7. The van der Waals surface area contributed by atoms with Crippen LogP contribution in [0.2, 0.25) is 0 Å². The van der Waals surface area contributed by atoms with Gasteiger partial charge in [-0.2, -0.15) is 5.10 Å². The van der Waals surface area contributed by atoms with E-state index < -0.39 is 0 Å². The van der Waals surface area contributed by atoms with Crippen LogP contribution in [0.4, 0.5) is 5.69 Å². The van der Waals surface area contributed by atoms with Crippen LogP contribution in [0.15, 0.2) is 35.1 Å². The molecule has 0 fully saturated rings. The highest BCUT2D eigenvalue weighted by Crippen LogP contribution is 2.24. The molecule has 0 spiro atoms. The van der Waals surface area contributed by atoms with Crippen LogP contribution in [0.1, 0.15) is 30.2 Å². The second-order valence-corrected chi connectivity index (χ2v) is 5.28. The monoisotopic (exact) mass is 323 g/mol. The number of benzene rings is 1. The molecule has 0 atom stereocenters. The second-order valence-electron chi connectivity index (χ2n) is 4.42. The molecule has 0 aliphatic rings. The third kappa shape index (κ3) is 3.14. The van der Waals surface area contributed by atoms with Gasteiger partial charge in [-0.05, 0) is 48.0 Å². The lowest BCUT2D eigenvalue weighted by Crippen LogP contribution is -2.11. The number of aromatic hydroxyl groups is 1. The summed E-state index contributed by atoms with van der Waals surface area (Å²) in [6.45, 7) is 4.01. The highest BCUT2D eigenvalue weighted by Gasteiger charge is 2.10. The fourth-order valence-electron chi connectivity index (χ4n) is 1.54. The lowest BCUT2D eigenvalue weighted by Gasteiger charge is -2.05. The van der Waals surface area contributed by atoms with Gasteiger partial charge in [0.1, 0.15) is 5.75 Å². The molecule has 2 aromatic rings. The smallest absolute Gasteiger partial charge is 0.255 e. The molecule has 1 amide bonds. The van der Waals surface area contributed by atoms with Gasteiger partial charge in [0.25, 0.3) is 5.91 Å². The Balaban J connectivity index is 2.13. The topological polar surface area (TPSA) is 67.2 Å². The van der Waals surface area contributed by atoms with Gasteiger partial charge < -0.3 is 10.4 Å². The van der Waals surface area contributed by atoms with E-state index in [9.17, 15) is 9.90 Å². The Labute approximate surface area is 119 Å². The first-order valence-electron chi connectivity index (χ1n) is 5.81. The number of aromatic nitrogens is 2. The molecule has 6 heteroatoms. The van der Waals surface area contributed by atoms with Crippen LogP contribution in [0, 0.1) is 0 Å². The Morgan fingerprint density at radius 2 is 2.21 bits per heavy atom. The van der Waals surface area contributed by atoms with E-state index in [4.69, 9.17) is 0 Å². The van der Waals surface area contributed by atoms with E-state index >= 15 is 0 Å². The SMILES string of the molecule is CC(C)n1cc(NC(=O)c2ccc(Br)c(O)c2)cn1. The average Bonchev–Trinajstić information content (AvgIpc) is 2.81. The molecular weight excluding hydrogens is 310 g/mol. The van der Waals surface area contributed by atoms with Gasteiger partial charge in [-0.1, -0.05) is 0 Å². The quantitative estimate of drug-likeness (QED) is 0.911. The van der Waals surface area contributed by atoms with Crippen molar-refractivity contribution >= 4 is 27.5 Å². The Hall–Kier alpha value is -1.82. The molecule has 1 aromatic carbocycles. The van der Waals surface area contributed by atoms with Crippen molar-refractivity contribution in [2.24, 2.45) is 0 Å². The summed E-state index contributed by atoms with van der Waals surface area (Å²) in [5.41, 5.74) is 1.01. The summed E-state index contributed by atoms with van der Waals surface area (Å²) in [5, 5.41) is 16.4. The minimum absolute atomic E-state index is 0.0329. The molecule has 1 heterocycles. The minimum Gasteiger partial charge on any atom is -0.507 e. The van der Waals surface area contributed by atoms with Gasteiger partial charge in [0.2, 0.25) is 0 Å². The fraction of sp³-hybridized carbons (Fsp3) is 0.231. The largest absolute Gasteiger partial charge is 0.507 e. The van der Waals surface area contributed by atoms with E-state index in [0.29, 0.717) is 15.7 Å². The molecule has 1 aromatic heterocycles. The number of nitrogens with zero attached hydrogens (tertiary/aromatic N) is 2. The fourth-order valence-corrected chi connectivity index (χ4v) is 1.79. The summed E-state index contributed by atoms with van der Waals surface area (Å²) >= 11 is 3.17. The number of rotatable bonds is 3. The highest BCUT2D eigenvalue weighted by molar-refractivity contribution is 9.10. The summed E-state index contributed by atoms with van der Waals surface area (Å²) < 4.78 is 2.31. The first kappa shape index (κ1) is 13.6. The molecule has 0 saturated heterocycles. The predicted octanol–water partition coefficient (Wildman–Crippen LogP) is 3.18. The molecule has 0 unspecified atom stereocenters. The number of phenolic OH excluding ortho intramolecular Hbond substituents is 1. The summed E-state index contributed by atoms with van der Waals surface area (Å²) in [5.74, 6) is -0.253. The van der Waals surface area contributed by atoms with E-state index in [0.717, 1.165) is 0 Å². The van der Waals surface area contributed by atoms with Crippen LogP contribution >= 0.6 is 15.9 Å². The standard InChI is InChI=1S/C13H14BrN3O2/c1-8(2)17-7-10(6-15-17)16-13(19)9-3-4-11(14)12(18)5-9/h3-8,18H,1-2H3,(H,16,19). The van der Waals surface area contributed by atoms with Gasteiger partial charge in [0, 0.05) is 17.8 Å². The number of hydrogen-bond acceptors (Lipinski definition) is 3.